The highest BCUT2D eigenvalue weighted by Gasteiger charge is 2.36. The Labute approximate surface area is 388 Å². The van der Waals surface area contributed by atoms with Crippen LogP contribution in [0.15, 0.2) is 223 Å². The molecule has 316 valence electrons. The summed E-state index contributed by atoms with van der Waals surface area (Å²) in [6.07, 6.45) is 0. The van der Waals surface area contributed by atoms with Crippen molar-refractivity contribution in [3.05, 3.63) is 246 Å². The number of aliphatic imine (C=N–C) groups is 1. The van der Waals surface area contributed by atoms with Gasteiger partial charge in [0.15, 0.2) is 0 Å². The summed E-state index contributed by atoms with van der Waals surface area (Å²) in [5.74, 6) is 0.887. The number of amidine groups is 1. The van der Waals surface area contributed by atoms with Crippen LogP contribution in [0.2, 0.25) is 0 Å². The molecule has 0 spiro atoms. The quantitative estimate of drug-likeness (QED) is 0.184. The summed E-state index contributed by atoms with van der Waals surface area (Å²) in [5, 5.41) is 11.4. The van der Waals surface area contributed by atoms with E-state index in [1.807, 2.05) is 0 Å². The van der Waals surface area contributed by atoms with Crippen LogP contribution in [0, 0.1) is 0 Å². The maximum Gasteiger partial charge on any atom is 0.134 e. The van der Waals surface area contributed by atoms with Crippen molar-refractivity contribution in [1.29, 1.82) is 0 Å². The lowest BCUT2D eigenvalue weighted by molar-refractivity contribution is 0.660. The molecule has 0 amide bonds. The lowest BCUT2D eigenvalue weighted by Gasteiger charge is -2.30. The Morgan fingerprint density at radius 2 is 1.04 bits per heavy atom. The molecule has 2 aliphatic rings. The molecule has 1 N–H and O–H groups in total. The van der Waals surface area contributed by atoms with E-state index in [1.165, 1.54) is 98.9 Å². The van der Waals surface area contributed by atoms with Gasteiger partial charge in [-0.15, -0.1) is 0 Å². The van der Waals surface area contributed by atoms with Gasteiger partial charge in [0.25, 0.3) is 0 Å². The Morgan fingerprint density at radius 3 is 1.90 bits per heavy atom. The number of para-hydroxylation sites is 3. The molecule has 1 atom stereocenters. The van der Waals surface area contributed by atoms with E-state index in [-0.39, 0.29) is 11.5 Å². The number of hydrogen-bond donors (Lipinski definition) is 1. The SMILES string of the molecule is CC1(C)c2ccccc2-c2ccc(C3=Nc4ccc5ccccc5c4C(c4cccc(-n5c6ccccc6c6ccc(-c7ccc8c(c7)c7ccccc7n8-c7ccccc7)cc65)c4)N3)cc21. The molecule has 0 saturated carbocycles. The second-order valence-corrected chi connectivity index (χ2v) is 18.8. The van der Waals surface area contributed by atoms with Gasteiger partial charge >= 0.3 is 0 Å². The zero-order valence-electron chi connectivity index (χ0n) is 37.2. The van der Waals surface area contributed by atoms with E-state index in [1.54, 1.807) is 0 Å². The van der Waals surface area contributed by atoms with Crippen molar-refractivity contribution in [2.45, 2.75) is 25.3 Å². The third-order valence-corrected chi connectivity index (χ3v) is 14.8. The first-order valence-electron chi connectivity index (χ1n) is 23.3. The first kappa shape index (κ1) is 37.9. The number of rotatable bonds is 5. The fourth-order valence-electron chi connectivity index (χ4n) is 11.6. The van der Waals surface area contributed by atoms with Crippen LogP contribution in [0.1, 0.15) is 47.7 Å². The lowest BCUT2D eigenvalue weighted by Crippen LogP contribution is -2.33. The van der Waals surface area contributed by atoms with E-state index in [2.05, 4.69) is 247 Å². The van der Waals surface area contributed by atoms with Gasteiger partial charge in [-0.25, -0.2) is 4.99 Å². The van der Waals surface area contributed by atoms with Crippen molar-refractivity contribution in [3.63, 3.8) is 0 Å². The van der Waals surface area contributed by atoms with Gasteiger partial charge in [0, 0.05) is 49.5 Å². The van der Waals surface area contributed by atoms with Crippen LogP contribution in [0.4, 0.5) is 5.69 Å². The van der Waals surface area contributed by atoms with Crippen molar-refractivity contribution in [2.75, 3.05) is 0 Å². The number of nitrogens with zero attached hydrogens (tertiary/aromatic N) is 3. The highest BCUT2D eigenvalue weighted by atomic mass is 15.1. The zero-order chi connectivity index (χ0) is 44.4. The van der Waals surface area contributed by atoms with Gasteiger partial charge in [0.05, 0.1) is 33.8 Å². The van der Waals surface area contributed by atoms with Crippen LogP contribution in [0.5, 0.6) is 0 Å². The van der Waals surface area contributed by atoms with Gasteiger partial charge in [-0.2, -0.15) is 0 Å². The minimum absolute atomic E-state index is 0.114. The summed E-state index contributed by atoms with van der Waals surface area (Å²) in [6.45, 7) is 4.69. The highest BCUT2D eigenvalue weighted by molar-refractivity contribution is 6.13. The second kappa shape index (κ2) is 14.3. The van der Waals surface area contributed by atoms with Crippen molar-refractivity contribution < 1.29 is 0 Å². The first-order valence-corrected chi connectivity index (χ1v) is 23.3. The van der Waals surface area contributed by atoms with Crippen LogP contribution in [0.3, 0.4) is 0 Å². The van der Waals surface area contributed by atoms with Crippen molar-refractivity contribution in [3.8, 4) is 33.6 Å². The molecule has 10 aromatic carbocycles. The average molecular weight is 857 g/mol. The van der Waals surface area contributed by atoms with Gasteiger partial charge in [-0.1, -0.05) is 166 Å². The van der Waals surface area contributed by atoms with Gasteiger partial charge in [0.2, 0.25) is 0 Å². The van der Waals surface area contributed by atoms with Crippen LogP contribution < -0.4 is 5.32 Å². The van der Waals surface area contributed by atoms with E-state index in [0.717, 1.165) is 28.5 Å². The molecule has 1 aliphatic carbocycles. The minimum atomic E-state index is -0.152. The van der Waals surface area contributed by atoms with E-state index >= 15 is 0 Å². The number of hydrogen-bond acceptors (Lipinski definition) is 2. The number of aromatic nitrogens is 2. The molecule has 14 rings (SSSR count). The van der Waals surface area contributed by atoms with E-state index in [0.29, 0.717) is 0 Å². The Bertz CT molecular complexity index is 4050. The molecular weight excluding hydrogens is 813 g/mol. The maximum atomic E-state index is 5.41. The third-order valence-electron chi connectivity index (χ3n) is 14.8. The molecule has 0 fully saturated rings. The fraction of sp³-hybridized carbons (Fsp3) is 0.0635. The molecule has 67 heavy (non-hydrogen) atoms. The highest BCUT2D eigenvalue weighted by Crippen LogP contribution is 2.49. The summed E-state index contributed by atoms with van der Waals surface area (Å²) in [5.41, 5.74) is 19.1. The topological polar surface area (TPSA) is 34.2 Å². The largest absolute Gasteiger partial charge is 0.359 e. The van der Waals surface area contributed by atoms with E-state index in [9.17, 15) is 0 Å². The molecule has 1 aliphatic heterocycles. The number of fused-ring (bicyclic) bond motifs is 12. The molecule has 0 saturated heterocycles. The zero-order valence-corrected chi connectivity index (χ0v) is 37.2. The van der Waals surface area contributed by atoms with E-state index in [4.69, 9.17) is 4.99 Å². The van der Waals surface area contributed by atoms with Gasteiger partial charge < -0.3 is 14.5 Å². The maximum absolute atomic E-state index is 5.41. The fourth-order valence-corrected chi connectivity index (χ4v) is 11.6. The number of nitrogens with one attached hydrogen (secondary N) is 1. The van der Waals surface area contributed by atoms with Crippen LogP contribution >= 0.6 is 0 Å². The van der Waals surface area contributed by atoms with Crippen LogP contribution in [0.25, 0.3) is 88.0 Å². The van der Waals surface area contributed by atoms with Gasteiger partial charge in [-0.05, 0) is 116 Å². The van der Waals surface area contributed by atoms with Crippen molar-refractivity contribution in [2.24, 2.45) is 4.99 Å². The first-order chi connectivity index (χ1) is 33.0. The Morgan fingerprint density at radius 1 is 0.418 bits per heavy atom. The summed E-state index contributed by atoms with van der Waals surface area (Å²) in [7, 11) is 0. The summed E-state index contributed by atoms with van der Waals surface area (Å²) in [6, 6.07) is 80.1. The molecule has 12 aromatic rings. The monoisotopic (exact) mass is 856 g/mol. The average Bonchev–Trinajstić information content (AvgIpc) is 3.98. The predicted molar refractivity (Wildman–Crippen MR) is 280 cm³/mol. The molecular formula is C63H44N4. The summed E-state index contributed by atoms with van der Waals surface area (Å²) in [4.78, 5) is 5.41. The predicted octanol–water partition coefficient (Wildman–Crippen LogP) is 15.8. The second-order valence-electron chi connectivity index (χ2n) is 18.8. The Balaban J connectivity index is 0.912. The molecule has 1 unspecified atom stereocenters. The lowest BCUT2D eigenvalue weighted by atomic mass is 9.82. The standard InChI is InChI=1S/C63H44N4/c1-63(2)53-24-11-8-21-47(53)48-31-28-43(37-54(48)63)62-64-55-33-29-39-15-6-7-20-46(39)60(55)61(65-62)42-16-14-19-45(35-42)67-56-25-12-9-22-49(56)51-32-27-41(38-59(51)67)40-30-34-58-52(36-40)50-23-10-13-26-57(50)66(58)44-17-4-3-5-18-44/h3-38,61H,1-2H3,(H,64,65). The smallest absolute Gasteiger partial charge is 0.134 e. The molecule has 0 radical (unpaired) electrons. The Kier molecular flexibility index (Phi) is 8.06. The van der Waals surface area contributed by atoms with Gasteiger partial charge in [0.1, 0.15) is 5.84 Å². The summed E-state index contributed by atoms with van der Waals surface area (Å²) < 4.78 is 4.84. The Hall–Kier alpha value is -8.47. The van der Waals surface area contributed by atoms with Crippen LogP contribution in [-0.2, 0) is 5.41 Å². The number of benzene rings is 10. The molecule has 4 heteroatoms. The van der Waals surface area contributed by atoms with Gasteiger partial charge in [-0.3, -0.25) is 0 Å². The molecule has 4 nitrogen and oxygen atoms in total. The van der Waals surface area contributed by atoms with Crippen molar-refractivity contribution >= 4 is 65.9 Å². The van der Waals surface area contributed by atoms with Crippen molar-refractivity contribution in [1.82, 2.24) is 14.5 Å². The third kappa shape index (κ3) is 5.63. The molecule has 3 heterocycles. The summed E-state index contributed by atoms with van der Waals surface area (Å²) >= 11 is 0. The normalized spacial score (nSPS) is 14.9. The molecule has 0 bridgehead atoms. The van der Waals surface area contributed by atoms with Crippen LogP contribution in [-0.4, -0.2) is 15.0 Å². The molecule has 2 aromatic heterocycles. The van der Waals surface area contributed by atoms with E-state index < -0.39 is 0 Å². The minimum Gasteiger partial charge on any atom is -0.359 e.